The molecule has 2 aliphatic rings. The standard InChI is InChI=1S/C16H18N2O4/c1-9-3-2-4-10(7-9)5-6-16(12-8-11(12)13(19)20)14(21)17-15(22)18-16/h2-4,7,11-12H,5-6,8H2,1H3,(H,19,20)(H2,17,18,21,22). The Hall–Kier alpha value is -2.37. The number of carbonyl (C=O) groups is 3. The summed E-state index contributed by atoms with van der Waals surface area (Å²) >= 11 is 0. The van der Waals surface area contributed by atoms with Gasteiger partial charge in [0.15, 0.2) is 0 Å². The van der Waals surface area contributed by atoms with Crippen LogP contribution in [0.1, 0.15) is 24.0 Å². The summed E-state index contributed by atoms with van der Waals surface area (Å²) in [6.45, 7) is 1.99. The van der Waals surface area contributed by atoms with Gasteiger partial charge in [0, 0.05) is 5.92 Å². The molecule has 1 saturated heterocycles. The van der Waals surface area contributed by atoms with E-state index in [-0.39, 0.29) is 5.92 Å². The fourth-order valence-corrected chi connectivity index (χ4v) is 3.35. The summed E-state index contributed by atoms with van der Waals surface area (Å²) in [5, 5.41) is 14.1. The average molecular weight is 302 g/mol. The summed E-state index contributed by atoms with van der Waals surface area (Å²) in [5.74, 6) is -2.20. The number of nitrogens with one attached hydrogen (secondary N) is 2. The Kier molecular flexibility index (Phi) is 3.39. The molecule has 3 rings (SSSR count). The lowest BCUT2D eigenvalue weighted by atomic mass is 9.85. The highest BCUT2D eigenvalue weighted by molar-refractivity contribution is 6.07. The van der Waals surface area contributed by atoms with Crippen LogP contribution in [0.25, 0.3) is 0 Å². The van der Waals surface area contributed by atoms with Gasteiger partial charge in [0.1, 0.15) is 5.54 Å². The summed E-state index contributed by atoms with van der Waals surface area (Å²) in [4.78, 5) is 34.9. The molecule has 1 aromatic rings. The lowest BCUT2D eigenvalue weighted by Crippen LogP contribution is -2.50. The molecule has 2 fully saturated rings. The zero-order chi connectivity index (χ0) is 15.9. The third-order valence-corrected chi connectivity index (χ3v) is 4.60. The Labute approximate surface area is 127 Å². The van der Waals surface area contributed by atoms with Crippen molar-refractivity contribution >= 4 is 17.9 Å². The summed E-state index contributed by atoms with van der Waals surface area (Å²) in [6.07, 6.45) is 1.44. The summed E-state index contributed by atoms with van der Waals surface area (Å²) < 4.78 is 0. The van der Waals surface area contributed by atoms with Gasteiger partial charge < -0.3 is 10.4 Å². The first-order valence-electron chi connectivity index (χ1n) is 7.34. The second kappa shape index (κ2) is 5.12. The van der Waals surface area contributed by atoms with Gasteiger partial charge in [-0.25, -0.2) is 4.79 Å². The van der Waals surface area contributed by atoms with E-state index in [2.05, 4.69) is 10.6 Å². The number of aliphatic carboxylic acids is 1. The number of urea groups is 1. The second-order valence-electron chi connectivity index (χ2n) is 6.16. The average Bonchev–Trinajstić information content (AvgIpc) is 3.19. The smallest absolute Gasteiger partial charge is 0.322 e. The highest BCUT2D eigenvalue weighted by Gasteiger charge is 2.62. The van der Waals surface area contributed by atoms with Gasteiger partial charge in [-0.3, -0.25) is 14.9 Å². The van der Waals surface area contributed by atoms with Crippen LogP contribution in [0.2, 0.25) is 0 Å². The molecule has 1 heterocycles. The van der Waals surface area contributed by atoms with Gasteiger partial charge in [-0.1, -0.05) is 29.8 Å². The number of carboxylic acids is 1. The molecule has 1 saturated carbocycles. The molecule has 116 valence electrons. The predicted molar refractivity (Wildman–Crippen MR) is 78.1 cm³/mol. The lowest BCUT2D eigenvalue weighted by Gasteiger charge is -2.26. The van der Waals surface area contributed by atoms with Crippen LogP contribution in [0, 0.1) is 18.8 Å². The molecule has 3 unspecified atom stereocenters. The maximum Gasteiger partial charge on any atom is 0.322 e. The molecule has 1 aromatic carbocycles. The van der Waals surface area contributed by atoms with Crippen LogP contribution in [0.5, 0.6) is 0 Å². The Morgan fingerprint density at radius 2 is 2.18 bits per heavy atom. The number of aryl methyl sites for hydroxylation is 2. The van der Waals surface area contributed by atoms with Gasteiger partial charge in [-0.2, -0.15) is 0 Å². The monoisotopic (exact) mass is 302 g/mol. The minimum Gasteiger partial charge on any atom is -0.481 e. The number of amides is 3. The molecule has 0 radical (unpaired) electrons. The number of hydrogen-bond donors (Lipinski definition) is 3. The van der Waals surface area contributed by atoms with Crippen LogP contribution in [-0.4, -0.2) is 28.6 Å². The SMILES string of the molecule is Cc1cccc(CCC2(C3CC3C(=O)O)NC(=O)NC2=O)c1. The van der Waals surface area contributed by atoms with Gasteiger partial charge in [0.2, 0.25) is 0 Å². The topological polar surface area (TPSA) is 95.5 Å². The van der Waals surface area contributed by atoms with E-state index < -0.39 is 29.4 Å². The number of benzene rings is 1. The Balaban J connectivity index is 1.80. The molecule has 0 bridgehead atoms. The van der Waals surface area contributed by atoms with Crippen LogP contribution < -0.4 is 10.6 Å². The summed E-state index contributed by atoms with van der Waals surface area (Å²) in [5.41, 5.74) is 1.10. The number of carbonyl (C=O) groups excluding carboxylic acids is 2. The Morgan fingerprint density at radius 1 is 1.41 bits per heavy atom. The van der Waals surface area contributed by atoms with Crippen molar-refractivity contribution in [2.24, 2.45) is 11.8 Å². The molecule has 1 aliphatic carbocycles. The number of carboxylic acid groups (broad SMARTS) is 1. The summed E-state index contributed by atoms with van der Waals surface area (Å²) in [7, 11) is 0. The van der Waals surface area contributed by atoms with E-state index in [0.29, 0.717) is 19.3 Å². The number of imide groups is 1. The summed E-state index contributed by atoms with van der Waals surface area (Å²) in [6, 6.07) is 7.40. The molecule has 3 amide bonds. The van der Waals surface area contributed by atoms with E-state index in [4.69, 9.17) is 5.11 Å². The largest absolute Gasteiger partial charge is 0.481 e. The molecule has 0 aromatic heterocycles. The van der Waals surface area contributed by atoms with Crippen molar-refractivity contribution in [3.05, 3.63) is 35.4 Å². The first-order chi connectivity index (χ1) is 10.4. The normalized spacial score (nSPS) is 29.9. The van der Waals surface area contributed by atoms with Crippen molar-refractivity contribution in [3.63, 3.8) is 0 Å². The Morgan fingerprint density at radius 3 is 2.73 bits per heavy atom. The van der Waals surface area contributed by atoms with Gasteiger partial charge in [-0.05, 0) is 31.7 Å². The second-order valence-corrected chi connectivity index (χ2v) is 6.16. The molecule has 3 atom stereocenters. The van der Waals surface area contributed by atoms with E-state index in [1.807, 2.05) is 31.2 Å². The quantitative estimate of drug-likeness (QED) is 0.713. The maximum absolute atomic E-state index is 12.3. The van der Waals surface area contributed by atoms with Crippen molar-refractivity contribution < 1.29 is 19.5 Å². The van der Waals surface area contributed by atoms with E-state index in [1.165, 1.54) is 0 Å². The van der Waals surface area contributed by atoms with Crippen LogP contribution in [-0.2, 0) is 16.0 Å². The van der Waals surface area contributed by atoms with E-state index in [0.717, 1.165) is 11.1 Å². The predicted octanol–water partition coefficient (Wildman–Crippen LogP) is 1.23. The minimum atomic E-state index is -1.09. The lowest BCUT2D eigenvalue weighted by molar-refractivity contribution is -0.139. The highest BCUT2D eigenvalue weighted by atomic mass is 16.4. The van der Waals surface area contributed by atoms with Crippen molar-refractivity contribution in [1.29, 1.82) is 0 Å². The van der Waals surface area contributed by atoms with Gasteiger partial charge in [0.05, 0.1) is 5.92 Å². The van der Waals surface area contributed by atoms with Gasteiger partial charge in [-0.15, -0.1) is 0 Å². The first-order valence-corrected chi connectivity index (χ1v) is 7.34. The van der Waals surface area contributed by atoms with Crippen molar-refractivity contribution in [2.45, 2.75) is 31.7 Å². The van der Waals surface area contributed by atoms with E-state index in [1.54, 1.807) is 0 Å². The molecule has 6 nitrogen and oxygen atoms in total. The molecule has 6 heteroatoms. The molecule has 1 aliphatic heterocycles. The van der Waals surface area contributed by atoms with Crippen LogP contribution in [0.15, 0.2) is 24.3 Å². The van der Waals surface area contributed by atoms with Crippen molar-refractivity contribution in [3.8, 4) is 0 Å². The zero-order valence-corrected chi connectivity index (χ0v) is 12.3. The third kappa shape index (κ3) is 2.45. The van der Waals surface area contributed by atoms with Crippen molar-refractivity contribution in [2.75, 3.05) is 0 Å². The van der Waals surface area contributed by atoms with E-state index >= 15 is 0 Å². The maximum atomic E-state index is 12.3. The highest BCUT2D eigenvalue weighted by Crippen LogP contribution is 2.49. The molecular formula is C16H18N2O4. The van der Waals surface area contributed by atoms with E-state index in [9.17, 15) is 14.4 Å². The van der Waals surface area contributed by atoms with Crippen LogP contribution >= 0.6 is 0 Å². The number of rotatable bonds is 5. The van der Waals surface area contributed by atoms with Crippen LogP contribution in [0.4, 0.5) is 4.79 Å². The molecule has 3 N–H and O–H groups in total. The zero-order valence-electron chi connectivity index (χ0n) is 12.3. The fourth-order valence-electron chi connectivity index (χ4n) is 3.35. The molecule has 22 heavy (non-hydrogen) atoms. The first kappa shape index (κ1) is 14.6. The van der Waals surface area contributed by atoms with Crippen molar-refractivity contribution in [1.82, 2.24) is 10.6 Å². The molecule has 0 spiro atoms. The Bertz CT molecular complexity index is 657. The van der Waals surface area contributed by atoms with Gasteiger partial charge >= 0.3 is 12.0 Å². The minimum absolute atomic E-state index is 0.332. The molecular weight excluding hydrogens is 284 g/mol. The van der Waals surface area contributed by atoms with Crippen LogP contribution in [0.3, 0.4) is 0 Å². The fraction of sp³-hybridized carbons (Fsp3) is 0.438. The number of hydrogen-bond acceptors (Lipinski definition) is 3. The van der Waals surface area contributed by atoms with Gasteiger partial charge in [0.25, 0.3) is 5.91 Å². The third-order valence-electron chi connectivity index (χ3n) is 4.60.